The van der Waals surface area contributed by atoms with Crippen LogP contribution < -0.4 is 5.73 Å². The number of halogens is 4. The minimum Gasteiger partial charge on any atom is -0.506 e. The summed E-state index contributed by atoms with van der Waals surface area (Å²) in [6, 6.07) is 2.52. The summed E-state index contributed by atoms with van der Waals surface area (Å²) in [5, 5.41) is 9.42. The van der Waals surface area contributed by atoms with Gasteiger partial charge < -0.3 is 10.8 Å². The highest BCUT2D eigenvalue weighted by molar-refractivity contribution is 9.10. The third kappa shape index (κ3) is 2.15. The second-order valence-electron chi connectivity index (χ2n) is 4.34. The molecular weight excluding hydrogens is 299 g/mol. The molecule has 2 rings (SSSR count). The summed E-state index contributed by atoms with van der Waals surface area (Å²) in [6.45, 7) is 0.321. The molecule has 0 aromatic heterocycles. The Bertz CT molecular complexity index is 455. The molecule has 0 unspecified atom stereocenters. The van der Waals surface area contributed by atoms with Gasteiger partial charge in [0.1, 0.15) is 5.75 Å². The Hall–Kier alpha value is -0.750. The van der Waals surface area contributed by atoms with E-state index in [9.17, 15) is 18.3 Å². The summed E-state index contributed by atoms with van der Waals surface area (Å²) < 4.78 is 38.2. The Balaban J connectivity index is 2.55. The number of aromatic hydroxyl groups is 1. The minimum atomic E-state index is -4.56. The molecule has 0 spiro atoms. The summed E-state index contributed by atoms with van der Waals surface area (Å²) in [5.41, 5.74) is 4.78. The lowest BCUT2D eigenvalue weighted by atomic mass is 9.94. The first-order valence-corrected chi connectivity index (χ1v) is 5.90. The van der Waals surface area contributed by atoms with Crippen molar-refractivity contribution in [2.75, 3.05) is 6.54 Å². The van der Waals surface area contributed by atoms with E-state index in [-0.39, 0.29) is 9.89 Å². The molecule has 17 heavy (non-hydrogen) atoms. The second kappa shape index (κ2) is 3.88. The van der Waals surface area contributed by atoms with Gasteiger partial charge in [-0.3, -0.25) is 0 Å². The number of alkyl halides is 3. The molecule has 1 aromatic carbocycles. The fourth-order valence-corrected chi connectivity index (χ4v) is 2.34. The monoisotopic (exact) mass is 309 g/mol. The summed E-state index contributed by atoms with van der Waals surface area (Å²) >= 11 is 2.95. The van der Waals surface area contributed by atoms with Crippen LogP contribution in [0.5, 0.6) is 5.75 Å². The number of phenols is 1. The Morgan fingerprint density at radius 3 is 2.35 bits per heavy atom. The van der Waals surface area contributed by atoms with Crippen LogP contribution in [0.1, 0.15) is 24.0 Å². The van der Waals surface area contributed by atoms with E-state index in [0.29, 0.717) is 12.1 Å². The molecule has 1 aliphatic carbocycles. The van der Waals surface area contributed by atoms with Gasteiger partial charge in [-0.25, -0.2) is 0 Å². The number of phenolic OH excluding ortho intramolecular Hbond substituents is 1. The van der Waals surface area contributed by atoms with Crippen molar-refractivity contribution in [1.29, 1.82) is 0 Å². The Morgan fingerprint density at radius 1 is 1.35 bits per heavy atom. The molecule has 1 aromatic rings. The normalized spacial score (nSPS) is 18.2. The fraction of sp³-hybridized carbons (Fsp3) is 0.455. The van der Waals surface area contributed by atoms with Gasteiger partial charge in [-0.1, -0.05) is 0 Å². The number of hydrogen-bond acceptors (Lipinski definition) is 2. The van der Waals surface area contributed by atoms with Gasteiger partial charge >= 0.3 is 6.18 Å². The summed E-state index contributed by atoms with van der Waals surface area (Å²) in [6.07, 6.45) is -2.98. The third-order valence-corrected chi connectivity index (χ3v) is 3.83. The highest BCUT2D eigenvalue weighted by Gasteiger charge is 2.45. The first-order chi connectivity index (χ1) is 7.80. The molecule has 0 bridgehead atoms. The Labute approximate surface area is 105 Å². The van der Waals surface area contributed by atoms with Crippen molar-refractivity contribution in [3.8, 4) is 5.75 Å². The molecule has 0 aliphatic heterocycles. The maximum Gasteiger partial charge on any atom is 0.420 e. The molecular formula is C11H11BrF3NO. The van der Waals surface area contributed by atoms with Gasteiger partial charge in [-0.2, -0.15) is 13.2 Å². The molecule has 0 atom stereocenters. The summed E-state index contributed by atoms with van der Waals surface area (Å²) in [4.78, 5) is 0. The molecule has 1 aliphatic rings. The number of rotatable bonds is 2. The van der Waals surface area contributed by atoms with E-state index in [0.717, 1.165) is 18.9 Å². The quantitative estimate of drug-likeness (QED) is 0.881. The second-order valence-corrected chi connectivity index (χ2v) is 5.19. The van der Waals surface area contributed by atoms with E-state index < -0.39 is 17.5 Å². The first kappa shape index (κ1) is 12.7. The molecule has 0 heterocycles. The summed E-state index contributed by atoms with van der Waals surface area (Å²) in [5.74, 6) is -0.769. The van der Waals surface area contributed by atoms with Crippen LogP contribution >= 0.6 is 15.9 Å². The van der Waals surface area contributed by atoms with E-state index in [1.165, 1.54) is 6.07 Å². The molecule has 3 N–H and O–H groups in total. The van der Waals surface area contributed by atoms with Crippen molar-refractivity contribution in [3.05, 3.63) is 27.7 Å². The molecule has 0 saturated heterocycles. The van der Waals surface area contributed by atoms with Crippen molar-refractivity contribution in [2.45, 2.75) is 24.4 Å². The van der Waals surface area contributed by atoms with E-state index in [2.05, 4.69) is 15.9 Å². The van der Waals surface area contributed by atoms with Crippen LogP contribution in [0.2, 0.25) is 0 Å². The fourth-order valence-electron chi connectivity index (χ4n) is 1.88. The Morgan fingerprint density at radius 2 is 1.94 bits per heavy atom. The van der Waals surface area contributed by atoms with Gasteiger partial charge in [0.25, 0.3) is 0 Å². The zero-order valence-corrected chi connectivity index (χ0v) is 10.4. The van der Waals surface area contributed by atoms with Crippen molar-refractivity contribution in [3.63, 3.8) is 0 Å². The molecule has 94 valence electrons. The van der Waals surface area contributed by atoms with Crippen molar-refractivity contribution in [1.82, 2.24) is 0 Å². The molecule has 2 nitrogen and oxygen atoms in total. The zero-order valence-electron chi connectivity index (χ0n) is 8.81. The topological polar surface area (TPSA) is 46.2 Å². The largest absolute Gasteiger partial charge is 0.506 e. The van der Waals surface area contributed by atoms with Crippen LogP contribution in [0, 0.1) is 0 Å². The van der Waals surface area contributed by atoms with Gasteiger partial charge in [0, 0.05) is 12.0 Å². The minimum absolute atomic E-state index is 0.0575. The third-order valence-electron chi connectivity index (χ3n) is 3.23. The van der Waals surface area contributed by atoms with E-state index in [1.54, 1.807) is 0 Å². The smallest absolute Gasteiger partial charge is 0.420 e. The van der Waals surface area contributed by atoms with E-state index in [4.69, 9.17) is 5.73 Å². The van der Waals surface area contributed by atoms with Crippen LogP contribution in [-0.2, 0) is 11.6 Å². The van der Waals surface area contributed by atoms with Crippen LogP contribution in [0.15, 0.2) is 16.6 Å². The average molecular weight is 310 g/mol. The average Bonchev–Trinajstić information content (AvgIpc) is 3.01. The number of nitrogens with two attached hydrogens (primary N) is 1. The number of benzene rings is 1. The van der Waals surface area contributed by atoms with E-state index in [1.807, 2.05) is 0 Å². The molecule has 1 fully saturated rings. The first-order valence-electron chi connectivity index (χ1n) is 5.10. The zero-order chi connectivity index (χ0) is 12.8. The molecule has 1 saturated carbocycles. The van der Waals surface area contributed by atoms with E-state index >= 15 is 0 Å². The maximum atomic E-state index is 12.7. The highest BCUT2D eigenvalue weighted by Crippen LogP contribution is 2.50. The van der Waals surface area contributed by atoms with Gasteiger partial charge in [0.2, 0.25) is 0 Å². The number of hydrogen-bond donors (Lipinski definition) is 2. The molecule has 0 radical (unpaired) electrons. The van der Waals surface area contributed by atoms with Gasteiger partial charge in [0.15, 0.2) is 0 Å². The molecule has 6 heteroatoms. The molecule has 0 amide bonds. The van der Waals surface area contributed by atoms with Gasteiger partial charge in [-0.05, 0) is 46.5 Å². The maximum absolute atomic E-state index is 12.7. The lowest BCUT2D eigenvalue weighted by Gasteiger charge is -2.17. The van der Waals surface area contributed by atoms with Crippen LogP contribution in [-0.4, -0.2) is 11.7 Å². The van der Waals surface area contributed by atoms with Gasteiger partial charge in [-0.15, -0.1) is 0 Å². The SMILES string of the molecule is NCC1(c2cc(Br)c(O)c(C(F)(F)F)c2)CC1. The standard InChI is InChI=1S/C11H11BrF3NO/c12-8-4-6(10(5-16)1-2-10)3-7(9(8)17)11(13,14)15/h3-4,17H,1-2,5,16H2. The van der Waals surface area contributed by atoms with Crippen molar-refractivity contribution >= 4 is 15.9 Å². The van der Waals surface area contributed by atoms with Crippen LogP contribution in [0.25, 0.3) is 0 Å². The van der Waals surface area contributed by atoms with Crippen molar-refractivity contribution < 1.29 is 18.3 Å². The van der Waals surface area contributed by atoms with Gasteiger partial charge in [0.05, 0.1) is 10.0 Å². The summed E-state index contributed by atoms with van der Waals surface area (Å²) in [7, 11) is 0. The van der Waals surface area contributed by atoms with Crippen LogP contribution in [0.4, 0.5) is 13.2 Å². The highest BCUT2D eigenvalue weighted by atomic mass is 79.9. The van der Waals surface area contributed by atoms with Crippen LogP contribution in [0.3, 0.4) is 0 Å². The van der Waals surface area contributed by atoms with Crippen molar-refractivity contribution in [2.24, 2.45) is 5.73 Å². The lowest BCUT2D eigenvalue weighted by molar-refractivity contribution is -0.138. The Kier molecular flexibility index (Phi) is 2.90. The predicted octanol–water partition coefficient (Wildman–Crippen LogP) is 3.16. The predicted molar refractivity (Wildman–Crippen MR) is 60.8 cm³/mol. The lowest BCUT2D eigenvalue weighted by Crippen LogP contribution is -2.20.